The first-order valence-electron chi connectivity index (χ1n) is 11.7. The molecule has 9 nitrogen and oxygen atoms in total. The molecular formula is C24H30N6O3. The van der Waals surface area contributed by atoms with Gasteiger partial charge >= 0.3 is 0 Å². The fourth-order valence-electron chi connectivity index (χ4n) is 5.56. The Morgan fingerprint density at radius 3 is 2.61 bits per heavy atom. The lowest BCUT2D eigenvalue weighted by atomic mass is 9.71. The van der Waals surface area contributed by atoms with Crippen LogP contribution in [0.2, 0.25) is 0 Å². The zero-order chi connectivity index (χ0) is 23.0. The van der Waals surface area contributed by atoms with Crippen LogP contribution in [0, 0.1) is 12.3 Å². The van der Waals surface area contributed by atoms with E-state index in [-0.39, 0.29) is 17.1 Å². The number of rotatable bonds is 5. The topological polar surface area (TPSA) is 104 Å². The van der Waals surface area contributed by atoms with Crippen molar-refractivity contribution in [3.63, 3.8) is 0 Å². The molecule has 9 heteroatoms. The van der Waals surface area contributed by atoms with Gasteiger partial charge in [0.05, 0.1) is 17.2 Å². The largest absolute Gasteiger partial charge is 0.387 e. The van der Waals surface area contributed by atoms with E-state index in [0.29, 0.717) is 19.4 Å². The van der Waals surface area contributed by atoms with Crippen molar-refractivity contribution in [3.8, 4) is 5.69 Å². The molecule has 3 aliphatic rings. The predicted molar refractivity (Wildman–Crippen MR) is 120 cm³/mol. The Labute approximate surface area is 193 Å². The van der Waals surface area contributed by atoms with Crippen LogP contribution in [0.1, 0.15) is 55.8 Å². The second-order valence-electron chi connectivity index (χ2n) is 9.55. The number of hydrogen-bond donors (Lipinski definition) is 1. The highest BCUT2D eigenvalue weighted by molar-refractivity contribution is 5.95. The summed E-state index contributed by atoms with van der Waals surface area (Å²) in [5.41, 5.74) is 3.32. The highest BCUT2D eigenvalue weighted by Crippen LogP contribution is 2.43. The average Bonchev–Trinajstić information content (AvgIpc) is 3.49. The van der Waals surface area contributed by atoms with Crippen molar-refractivity contribution in [2.24, 2.45) is 5.41 Å². The Morgan fingerprint density at radius 2 is 1.94 bits per heavy atom. The van der Waals surface area contributed by atoms with Gasteiger partial charge in [-0.15, -0.1) is 5.10 Å². The van der Waals surface area contributed by atoms with E-state index in [4.69, 9.17) is 0 Å². The summed E-state index contributed by atoms with van der Waals surface area (Å²) < 4.78 is 1.59. The highest BCUT2D eigenvalue weighted by atomic mass is 16.3. The third-order valence-corrected chi connectivity index (χ3v) is 7.51. The van der Waals surface area contributed by atoms with E-state index in [1.807, 2.05) is 30.0 Å². The molecule has 2 fully saturated rings. The van der Waals surface area contributed by atoms with Gasteiger partial charge in [0, 0.05) is 31.3 Å². The number of aliphatic hydroxyl groups excluding tert-OH is 1. The molecule has 1 N–H and O–H groups in total. The number of carbonyl (C=O) groups excluding carboxylic acids is 2. The van der Waals surface area contributed by atoms with Crippen molar-refractivity contribution in [3.05, 3.63) is 47.4 Å². The van der Waals surface area contributed by atoms with Gasteiger partial charge < -0.3 is 14.9 Å². The molecule has 0 bridgehead atoms. The van der Waals surface area contributed by atoms with Crippen LogP contribution in [0.3, 0.4) is 0 Å². The van der Waals surface area contributed by atoms with E-state index in [1.54, 1.807) is 17.1 Å². The molecule has 1 aromatic carbocycles. The first-order valence-corrected chi connectivity index (χ1v) is 11.7. The molecule has 1 aromatic heterocycles. The quantitative estimate of drug-likeness (QED) is 0.742. The van der Waals surface area contributed by atoms with Crippen molar-refractivity contribution >= 4 is 11.7 Å². The third-order valence-electron chi connectivity index (χ3n) is 7.51. The Morgan fingerprint density at radius 1 is 1.12 bits per heavy atom. The number of piperidine rings is 2. The molecule has 1 unspecified atom stereocenters. The van der Waals surface area contributed by atoms with E-state index < -0.39 is 6.10 Å². The number of β-amino-alcohol motifs (C(OH)–C–C–N with tert-alkyl or cyclic N) is 1. The minimum atomic E-state index is -0.602. The fourth-order valence-corrected chi connectivity index (χ4v) is 5.56. The van der Waals surface area contributed by atoms with E-state index >= 15 is 0 Å². The molecule has 33 heavy (non-hydrogen) atoms. The van der Waals surface area contributed by atoms with Gasteiger partial charge in [0.15, 0.2) is 5.78 Å². The second kappa shape index (κ2) is 8.79. The number of ketones is 1. The number of aromatic nitrogens is 4. The third kappa shape index (κ3) is 4.22. The minimum Gasteiger partial charge on any atom is -0.387 e. The zero-order valence-electron chi connectivity index (χ0n) is 19.0. The molecular weight excluding hydrogens is 420 g/mol. The van der Waals surface area contributed by atoms with Crippen LogP contribution in [-0.4, -0.2) is 73.0 Å². The first-order chi connectivity index (χ1) is 15.9. The number of carbonyl (C=O) groups is 2. The number of hydrogen-bond acceptors (Lipinski definition) is 7. The van der Waals surface area contributed by atoms with Crippen LogP contribution in [-0.2, 0) is 9.59 Å². The first kappa shape index (κ1) is 21.9. The zero-order valence-corrected chi connectivity index (χ0v) is 19.0. The van der Waals surface area contributed by atoms with Crippen LogP contribution < -0.4 is 0 Å². The number of tetrazole rings is 1. The van der Waals surface area contributed by atoms with Crippen LogP contribution >= 0.6 is 0 Å². The molecule has 1 atom stereocenters. The Hall–Kier alpha value is -2.91. The predicted octanol–water partition coefficient (Wildman–Crippen LogP) is 1.96. The Bertz CT molecular complexity index is 1070. The molecule has 3 heterocycles. The molecule has 1 spiro atoms. The van der Waals surface area contributed by atoms with Gasteiger partial charge in [-0.2, -0.15) is 0 Å². The van der Waals surface area contributed by atoms with Crippen LogP contribution in [0.4, 0.5) is 0 Å². The molecule has 1 amide bonds. The summed E-state index contributed by atoms with van der Waals surface area (Å²) in [6.45, 7) is 4.82. The number of benzene rings is 1. The van der Waals surface area contributed by atoms with E-state index in [2.05, 4.69) is 20.4 Å². The molecule has 0 radical (unpaired) electrons. The molecule has 2 aliphatic heterocycles. The second-order valence-corrected chi connectivity index (χ2v) is 9.55. The summed E-state index contributed by atoms with van der Waals surface area (Å²) in [5, 5.41) is 22.2. The van der Waals surface area contributed by atoms with Gasteiger partial charge in [0.1, 0.15) is 6.33 Å². The maximum Gasteiger partial charge on any atom is 0.233 e. The molecule has 2 aromatic rings. The standard InChI is InChI=1S/C24H30N6O3/c1-17-13-19(30-16-25-26-27-30)4-6-21(17)22(32)15-28-11-8-24(9-12-28)7-2-10-29(23(24)33)18-3-5-20(31)14-18/h4,6,13-14,16,22,32H,2-3,5,7-12,15H2,1H3. The summed E-state index contributed by atoms with van der Waals surface area (Å²) in [5.74, 6) is 0.325. The number of likely N-dealkylation sites (tertiary alicyclic amines) is 2. The Balaban J connectivity index is 1.21. The van der Waals surface area contributed by atoms with Crippen LogP contribution in [0.15, 0.2) is 36.3 Å². The van der Waals surface area contributed by atoms with Crippen molar-refractivity contribution in [2.75, 3.05) is 26.2 Å². The molecule has 174 valence electrons. The minimum absolute atomic E-state index is 0.127. The lowest BCUT2D eigenvalue weighted by Gasteiger charge is -2.47. The van der Waals surface area contributed by atoms with Crippen molar-refractivity contribution in [2.45, 2.75) is 51.6 Å². The van der Waals surface area contributed by atoms with E-state index in [0.717, 1.165) is 67.8 Å². The monoisotopic (exact) mass is 450 g/mol. The molecule has 0 saturated carbocycles. The van der Waals surface area contributed by atoms with Crippen molar-refractivity contribution in [1.29, 1.82) is 0 Å². The van der Waals surface area contributed by atoms with Gasteiger partial charge in [-0.3, -0.25) is 9.59 Å². The van der Waals surface area contributed by atoms with Gasteiger partial charge in [-0.05, 0) is 85.8 Å². The smallest absolute Gasteiger partial charge is 0.233 e. The number of allylic oxidation sites excluding steroid dienone is 2. The van der Waals surface area contributed by atoms with Crippen molar-refractivity contribution in [1.82, 2.24) is 30.0 Å². The van der Waals surface area contributed by atoms with Crippen LogP contribution in [0.25, 0.3) is 5.69 Å². The van der Waals surface area contributed by atoms with E-state index in [1.165, 1.54) is 0 Å². The number of amides is 1. The summed E-state index contributed by atoms with van der Waals surface area (Å²) >= 11 is 0. The van der Waals surface area contributed by atoms with Gasteiger partial charge in [0.25, 0.3) is 0 Å². The summed E-state index contributed by atoms with van der Waals surface area (Å²) in [6, 6.07) is 5.81. The van der Waals surface area contributed by atoms with Gasteiger partial charge in [0.2, 0.25) is 5.91 Å². The molecule has 2 saturated heterocycles. The number of nitrogens with zero attached hydrogens (tertiary/aromatic N) is 6. The van der Waals surface area contributed by atoms with Crippen molar-refractivity contribution < 1.29 is 14.7 Å². The molecule has 5 rings (SSSR count). The summed E-state index contributed by atoms with van der Waals surface area (Å²) in [7, 11) is 0. The van der Waals surface area contributed by atoms with Gasteiger partial charge in [-0.1, -0.05) is 6.07 Å². The highest BCUT2D eigenvalue weighted by Gasteiger charge is 2.46. The van der Waals surface area contributed by atoms with E-state index in [9.17, 15) is 14.7 Å². The maximum atomic E-state index is 13.4. The average molecular weight is 451 g/mol. The SMILES string of the molecule is Cc1cc(-n2cnnn2)ccc1C(O)CN1CCC2(CCCN(C3=CC(=O)CC3)C2=O)CC1. The van der Waals surface area contributed by atoms with Crippen LogP contribution in [0.5, 0.6) is 0 Å². The van der Waals surface area contributed by atoms with Gasteiger partial charge in [-0.25, -0.2) is 4.68 Å². The normalized spacial score (nSPS) is 22.1. The maximum absolute atomic E-state index is 13.4. The molecule has 1 aliphatic carbocycles. The lowest BCUT2D eigenvalue weighted by Crippen LogP contribution is -2.53. The summed E-state index contributed by atoms with van der Waals surface area (Å²) in [4.78, 5) is 29.2. The fraction of sp³-hybridized carbons (Fsp3) is 0.542. The lowest BCUT2D eigenvalue weighted by molar-refractivity contribution is -0.147. The number of aryl methyl sites for hydroxylation is 1. The number of aliphatic hydroxyl groups is 1. The summed E-state index contributed by atoms with van der Waals surface area (Å²) in [6.07, 6.45) is 7.30. The Kier molecular flexibility index (Phi) is 5.84.